The lowest BCUT2D eigenvalue weighted by atomic mass is 9.85. The summed E-state index contributed by atoms with van der Waals surface area (Å²) in [6.07, 6.45) is 5.68. The molecule has 0 aromatic heterocycles. The molecule has 2 nitrogen and oxygen atoms in total. The molecule has 14 heavy (non-hydrogen) atoms. The van der Waals surface area contributed by atoms with Crippen molar-refractivity contribution >= 4 is 0 Å². The van der Waals surface area contributed by atoms with E-state index in [0.29, 0.717) is 6.04 Å². The molecule has 1 saturated carbocycles. The van der Waals surface area contributed by atoms with Gasteiger partial charge in [0.2, 0.25) is 0 Å². The van der Waals surface area contributed by atoms with E-state index in [0.717, 1.165) is 12.5 Å². The van der Waals surface area contributed by atoms with Crippen LogP contribution in [0.2, 0.25) is 0 Å². The summed E-state index contributed by atoms with van der Waals surface area (Å²) in [5, 5.41) is 3.46. The second kappa shape index (κ2) is 6.41. The van der Waals surface area contributed by atoms with Crippen molar-refractivity contribution in [1.29, 1.82) is 0 Å². The zero-order chi connectivity index (χ0) is 10.4. The van der Waals surface area contributed by atoms with Crippen molar-refractivity contribution in [2.45, 2.75) is 45.6 Å². The van der Waals surface area contributed by atoms with Crippen LogP contribution < -0.4 is 5.32 Å². The van der Waals surface area contributed by atoms with E-state index < -0.39 is 0 Å². The van der Waals surface area contributed by atoms with E-state index in [-0.39, 0.29) is 0 Å². The third-order valence-electron chi connectivity index (χ3n) is 3.06. The highest BCUT2D eigenvalue weighted by Crippen LogP contribution is 2.26. The molecule has 84 valence electrons. The van der Waals surface area contributed by atoms with E-state index in [1.807, 2.05) is 0 Å². The number of nitrogens with zero attached hydrogens (tertiary/aromatic N) is 1. The van der Waals surface area contributed by atoms with E-state index in [1.165, 1.54) is 38.8 Å². The van der Waals surface area contributed by atoms with Crippen LogP contribution in [0.4, 0.5) is 0 Å². The standard InChI is InChI=1S/C12H26N2/c1-11(2)13-8-5-9-14(3)10-12-6-4-7-12/h11-13H,4-10H2,1-3H3. The molecule has 0 radical (unpaired) electrons. The predicted molar refractivity (Wildman–Crippen MR) is 62.6 cm³/mol. The maximum Gasteiger partial charge on any atom is 0.00103 e. The Morgan fingerprint density at radius 2 is 2.07 bits per heavy atom. The third kappa shape index (κ3) is 4.97. The van der Waals surface area contributed by atoms with Crippen LogP contribution in [0.3, 0.4) is 0 Å². The van der Waals surface area contributed by atoms with Crippen LogP contribution in [0.5, 0.6) is 0 Å². The first-order chi connectivity index (χ1) is 6.68. The van der Waals surface area contributed by atoms with Crippen LogP contribution in [0, 0.1) is 5.92 Å². The monoisotopic (exact) mass is 198 g/mol. The minimum Gasteiger partial charge on any atom is -0.314 e. The lowest BCUT2D eigenvalue weighted by Crippen LogP contribution is -2.32. The molecule has 0 atom stereocenters. The average molecular weight is 198 g/mol. The van der Waals surface area contributed by atoms with Crippen molar-refractivity contribution in [1.82, 2.24) is 10.2 Å². The quantitative estimate of drug-likeness (QED) is 0.630. The molecule has 0 amide bonds. The highest BCUT2D eigenvalue weighted by molar-refractivity contribution is 4.72. The number of hydrogen-bond acceptors (Lipinski definition) is 2. The van der Waals surface area contributed by atoms with Crippen LogP contribution in [-0.2, 0) is 0 Å². The molecule has 1 N–H and O–H groups in total. The molecule has 0 aromatic carbocycles. The molecule has 0 saturated heterocycles. The minimum absolute atomic E-state index is 0.631. The summed E-state index contributed by atoms with van der Waals surface area (Å²) in [5.74, 6) is 1.01. The molecule has 1 aliphatic carbocycles. The molecule has 0 bridgehead atoms. The van der Waals surface area contributed by atoms with Gasteiger partial charge in [0.1, 0.15) is 0 Å². The van der Waals surface area contributed by atoms with E-state index in [9.17, 15) is 0 Å². The lowest BCUT2D eigenvalue weighted by Gasteiger charge is -2.30. The van der Waals surface area contributed by atoms with Gasteiger partial charge in [0.05, 0.1) is 0 Å². The Bertz CT molecular complexity index is 141. The Hall–Kier alpha value is -0.0800. The van der Waals surface area contributed by atoms with E-state index >= 15 is 0 Å². The van der Waals surface area contributed by atoms with Crippen molar-refractivity contribution in [3.63, 3.8) is 0 Å². The average Bonchev–Trinajstić information content (AvgIpc) is 2.05. The Morgan fingerprint density at radius 1 is 1.36 bits per heavy atom. The summed E-state index contributed by atoms with van der Waals surface area (Å²) < 4.78 is 0. The van der Waals surface area contributed by atoms with Crippen molar-refractivity contribution in [2.75, 3.05) is 26.7 Å². The Kier molecular flexibility index (Phi) is 5.49. The van der Waals surface area contributed by atoms with E-state index in [1.54, 1.807) is 0 Å². The minimum atomic E-state index is 0.631. The Morgan fingerprint density at radius 3 is 2.57 bits per heavy atom. The molecule has 1 rings (SSSR count). The highest BCUT2D eigenvalue weighted by atomic mass is 15.1. The second-order valence-corrected chi connectivity index (χ2v) is 5.02. The zero-order valence-corrected chi connectivity index (χ0v) is 10.1. The first-order valence-corrected chi connectivity index (χ1v) is 6.10. The van der Waals surface area contributed by atoms with Gasteiger partial charge in [-0.05, 0) is 45.3 Å². The van der Waals surface area contributed by atoms with Crippen molar-refractivity contribution in [3.8, 4) is 0 Å². The van der Waals surface area contributed by atoms with E-state index in [2.05, 4.69) is 31.1 Å². The predicted octanol–water partition coefficient (Wildman–Crippen LogP) is 2.11. The van der Waals surface area contributed by atoms with Crippen LogP contribution >= 0.6 is 0 Å². The zero-order valence-electron chi connectivity index (χ0n) is 10.1. The van der Waals surface area contributed by atoms with Gasteiger partial charge in [-0.25, -0.2) is 0 Å². The highest BCUT2D eigenvalue weighted by Gasteiger charge is 2.18. The first-order valence-electron chi connectivity index (χ1n) is 6.10. The molecular weight excluding hydrogens is 172 g/mol. The van der Waals surface area contributed by atoms with Gasteiger partial charge in [-0.15, -0.1) is 0 Å². The summed E-state index contributed by atoms with van der Waals surface area (Å²) >= 11 is 0. The van der Waals surface area contributed by atoms with Gasteiger partial charge in [0.25, 0.3) is 0 Å². The molecule has 0 spiro atoms. The fourth-order valence-corrected chi connectivity index (χ4v) is 1.95. The summed E-state index contributed by atoms with van der Waals surface area (Å²) in [5.41, 5.74) is 0. The van der Waals surface area contributed by atoms with Gasteiger partial charge in [0.15, 0.2) is 0 Å². The van der Waals surface area contributed by atoms with Gasteiger partial charge in [-0.1, -0.05) is 20.3 Å². The molecular formula is C12H26N2. The molecule has 0 aliphatic heterocycles. The smallest absolute Gasteiger partial charge is 0.00103 e. The SMILES string of the molecule is CC(C)NCCCN(C)CC1CCC1. The third-order valence-corrected chi connectivity index (χ3v) is 3.06. The van der Waals surface area contributed by atoms with Gasteiger partial charge in [-0.2, -0.15) is 0 Å². The van der Waals surface area contributed by atoms with Crippen LogP contribution in [0.15, 0.2) is 0 Å². The van der Waals surface area contributed by atoms with Gasteiger partial charge in [-0.3, -0.25) is 0 Å². The number of hydrogen-bond donors (Lipinski definition) is 1. The van der Waals surface area contributed by atoms with Crippen LogP contribution in [-0.4, -0.2) is 37.6 Å². The van der Waals surface area contributed by atoms with E-state index in [4.69, 9.17) is 0 Å². The fraction of sp³-hybridized carbons (Fsp3) is 1.00. The summed E-state index contributed by atoms with van der Waals surface area (Å²) in [7, 11) is 2.26. The number of rotatable bonds is 7. The molecule has 0 aromatic rings. The van der Waals surface area contributed by atoms with Crippen LogP contribution in [0.25, 0.3) is 0 Å². The topological polar surface area (TPSA) is 15.3 Å². The summed E-state index contributed by atoms with van der Waals surface area (Å²) in [6, 6.07) is 0.631. The molecule has 1 fully saturated rings. The van der Waals surface area contributed by atoms with Gasteiger partial charge >= 0.3 is 0 Å². The normalized spacial score (nSPS) is 17.8. The van der Waals surface area contributed by atoms with Gasteiger partial charge in [0, 0.05) is 12.6 Å². The second-order valence-electron chi connectivity index (χ2n) is 5.02. The Balaban J connectivity index is 1.89. The van der Waals surface area contributed by atoms with Crippen molar-refractivity contribution in [3.05, 3.63) is 0 Å². The lowest BCUT2D eigenvalue weighted by molar-refractivity contribution is 0.203. The van der Waals surface area contributed by atoms with Gasteiger partial charge < -0.3 is 10.2 Å². The molecule has 1 aliphatic rings. The maximum absolute atomic E-state index is 3.46. The summed E-state index contributed by atoms with van der Waals surface area (Å²) in [4.78, 5) is 2.49. The molecule has 0 heterocycles. The fourth-order valence-electron chi connectivity index (χ4n) is 1.95. The summed E-state index contributed by atoms with van der Waals surface area (Å²) in [6.45, 7) is 8.14. The molecule has 2 heteroatoms. The first kappa shape index (κ1) is 12.0. The molecule has 0 unspecified atom stereocenters. The largest absolute Gasteiger partial charge is 0.314 e. The number of nitrogens with one attached hydrogen (secondary N) is 1. The van der Waals surface area contributed by atoms with Crippen molar-refractivity contribution < 1.29 is 0 Å². The Labute approximate surface area is 89.1 Å². The van der Waals surface area contributed by atoms with Crippen molar-refractivity contribution in [2.24, 2.45) is 5.92 Å². The van der Waals surface area contributed by atoms with Crippen LogP contribution in [0.1, 0.15) is 39.5 Å². The maximum atomic E-state index is 3.46.